The molecule has 1 aromatic carbocycles. The summed E-state index contributed by atoms with van der Waals surface area (Å²) in [6.45, 7) is 2.11. The molecule has 0 saturated carbocycles. The molecule has 82 valence electrons. The summed E-state index contributed by atoms with van der Waals surface area (Å²) in [6.07, 6.45) is 2.83. The number of ketones is 1. The van der Waals surface area contributed by atoms with Crippen molar-refractivity contribution in [3.63, 3.8) is 0 Å². The first-order valence-corrected chi connectivity index (χ1v) is 5.26. The zero-order chi connectivity index (χ0) is 11.4. The van der Waals surface area contributed by atoms with Crippen molar-refractivity contribution < 1.29 is 4.79 Å². The number of H-pyrrole nitrogens is 1. The SMILES string of the molecule is CCc1ccc(CC(=O)c2cn[nH]n2)cc1. The lowest BCUT2D eigenvalue weighted by Crippen LogP contribution is -2.04. The molecule has 0 saturated heterocycles. The summed E-state index contributed by atoms with van der Waals surface area (Å²) >= 11 is 0. The predicted octanol–water partition coefficient (Wildman–Crippen LogP) is 1.79. The highest BCUT2D eigenvalue weighted by Crippen LogP contribution is 2.08. The van der Waals surface area contributed by atoms with E-state index >= 15 is 0 Å². The van der Waals surface area contributed by atoms with Gasteiger partial charge in [-0.2, -0.15) is 15.4 Å². The highest BCUT2D eigenvalue weighted by atomic mass is 16.1. The third-order valence-electron chi connectivity index (χ3n) is 2.50. The third-order valence-corrected chi connectivity index (χ3v) is 2.50. The van der Waals surface area contributed by atoms with Crippen molar-refractivity contribution in [1.29, 1.82) is 0 Å². The number of benzene rings is 1. The minimum atomic E-state index is -0.0157. The van der Waals surface area contributed by atoms with Crippen molar-refractivity contribution in [1.82, 2.24) is 15.4 Å². The van der Waals surface area contributed by atoms with E-state index in [1.165, 1.54) is 11.8 Å². The van der Waals surface area contributed by atoms with Crippen LogP contribution in [-0.4, -0.2) is 21.2 Å². The van der Waals surface area contributed by atoms with Crippen LogP contribution in [0, 0.1) is 0 Å². The maximum Gasteiger partial charge on any atom is 0.189 e. The summed E-state index contributed by atoms with van der Waals surface area (Å²) in [5, 5.41) is 9.81. The molecule has 0 aliphatic carbocycles. The van der Waals surface area contributed by atoms with Gasteiger partial charge in [-0.1, -0.05) is 31.2 Å². The molecule has 0 aliphatic heterocycles. The van der Waals surface area contributed by atoms with Crippen LogP contribution in [0.1, 0.15) is 28.5 Å². The molecular weight excluding hydrogens is 202 g/mol. The fourth-order valence-electron chi connectivity index (χ4n) is 1.50. The number of aromatic nitrogens is 3. The third kappa shape index (κ3) is 2.34. The standard InChI is InChI=1S/C12H13N3O/c1-2-9-3-5-10(6-4-9)7-12(16)11-8-13-15-14-11/h3-6,8H,2,7H2,1H3,(H,13,14,15). The molecule has 1 aromatic heterocycles. The predicted molar refractivity (Wildman–Crippen MR) is 60.2 cm³/mol. The molecule has 1 heterocycles. The number of hydrogen-bond donors (Lipinski definition) is 1. The number of carbonyl (C=O) groups excluding carboxylic acids is 1. The number of nitrogens with zero attached hydrogens (tertiary/aromatic N) is 2. The fraction of sp³-hybridized carbons (Fsp3) is 0.250. The monoisotopic (exact) mass is 215 g/mol. The Bertz CT molecular complexity index is 460. The largest absolute Gasteiger partial charge is 0.292 e. The number of Topliss-reactive ketones (excluding diaryl/α,β-unsaturated/α-hetero) is 1. The van der Waals surface area contributed by atoms with Crippen molar-refractivity contribution in [3.8, 4) is 0 Å². The van der Waals surface area contributed by atoms with Crippen LogP contribution in [0.15, 0.2) is 30.5 Å². The Morgan fingerprint density at radius 2 is 1.94 bits per heavy atom. The van der Waals surface area contributed by atoms with E-state index < -0.39 is 0 Å². The zero-order valence-electron chi connectivity index (χ0n) is 9.10. The second-order valence-electron chi connectivity index (χ2n) is 3.63. The summed E-state index contributed by atoms with van der Waals surface area (Å²) in [6, 6.07) is 8.06. The molecule has 0 spiro atoms. The van der Waals surface area contributed by atoms with Crippen LogP contribution < -0.4 is 0 Å². The van der Waals surface area contributed by atoms with E-state index in [1.54, 1.807) is 0 Å². The van der Waals surface area contributed by atoms with Crippen molar-refractivity contribution in [3.05, 3.63) is 47.3 Å². The summed E-state index contributed by atoms with van der Waals surface area (Å²) in [4.78, 5) is 11.7. The van der Waals surface area contributed by atoms with Crippen LogP contribution in [0.5, 0.6) is 0 Å². The topological polar surface area (TPSA) is 58.6 Å². The molecule has 4 heteroatoms. The first kappa shape index (κ1) is 10.5. The van der Waals surface area contributed by atoms with Gasteiger partial charge in [-0.25, -0.2) is 0 Å². The van der Waals surface area contributed by atoms with Crippen LogP contribution >= 0.6 is 0 Å². The van der Waals surface area contributed by atoms with Crippen molar-refractivity contribution in [2.45, 2.75) is 19.8 Å². The molecule has 4 nitrogen and oxygen atoms in total. The van der Waals surface area contributed by atoms with E-state index in [9.17, 15) is 4.79 Å². The van der Waals surface area contributed by atoms with E-state index in [2.05, 4.69) is 22.3 Å². The molecular formula is C12H13N3O. The fourth-order valence-corrected chi connectivity index (χ4v) is 1.50. The summed E-state index contributed by atoms with van der Waals surface area (Å²) in [5.41, 5.74) is 2.67. The number of hydrogen-bond acceptors (Lipinski definition) is 3. The molecule has 0 radical (unpaired) electrons. The molecule has 0 bridgehead atoms. The van der Waals surface area contributed by atoms with Crippen LogP contribution in [0.2, 0.25) is 0 Å². The minimum Gasteiger partial charge on any atom is -0.292 e. The summed E-state index contributed by atoms with van der Waals surface area (Å²) < 4.78 is 0. The first-order valence-electron chi connectivity index (χ1n) is 5.26. The van der Waals surface area contributed by atoms with Crippen molar-refractivity contribution in [2.75, 3.05) is 0 Å². The number of nitrogens with one attached hydrogen (secondary N) is 1. The number of rotatable bonds is 4. The van der Waals surface area contributed by atoms with Gasteiger partial charge in [-0.3, -0.25) is 4.79 Å². The average molecular weight is 215 g/mol. The second-order valence-corrected chi connectivity index (χ2v) is 3.63. The van der Waals surface area contributed by atoms with Crippen LogP contribution in [-0.2, 0) is 12.8 Å². The molecule has 0 amide bonds. The second kappa shape index (κ2) is 4.70. The zero-order valence-corrected chi connectivity index (χ0v) is 9.10. The number of aryl methyl sites for hydroxylation is 1. The molecule has 2 rings (SSSR count). The Kier molecular flexibility index (Phi) is 3.10. The van der Waals surface area contributed by atoms with Gasteiger partial charge in [-0.15, -0.1) is 0 Å². The number of aromatic amines is 1. The normalized spacial score (nSPS) is 10.3. The smallest absolute Gasteiger partial charge is 0.189 e. The van der Waals surface area contributed by atoms with Gasteiger partial charge in [0.25, 0.3) is 0 Å². The van der Waals surface area contributed by atoms with Gasteiger partial charge in [0.1, 0.15) is 5.69 Å². The van der Waals surface area contributed by atoms with Gasteiger partial charge in [0, 0.05) is 6.42 Å². The van der Waals surface area contributed by atoms with E-state index in [4.69, 9.17) is 0 Å². The minimum absolute atomic E-state index is 0.0157. The van der Waals surface area contributed by atoms with Gasteiger partial charge < -0.3 is 0 Å². The summed E-state index contributed by atoms with van der Waals surface area (Å²) in [7, 11) is 0. The van der Waals surface area contributed by atoms with Crippen LogP contribution in [0.25, 0.3) is 0 Å². The van der Waals surface area contributed by atoms with E-state index in [0.717, 1.165) is 12.0 Å². The van der Waals surface area contributed by atoms with Crippen molar-refractivity contribution in [2.24, 2.45) is 0 Å². The Morgan fingerprint density at radius 1 is 1.25 bits per heavy atom. The molecule has 0 atom stereocenters. The van der Waals surface area contributed by atoms with Gasteiger partial charge in [-0.05, 0) is 17.5 Å². The molecule has 0 unspecified atom stereocenters. The lowest BCUT2D eigenvalue weighted by Gasteiger charge is -2.00. The molecule has 1 N–H and O–H groups in total. The summed E-state index contributed by atoms with van der Waals surface area (Å²) in [5.74, 6) is -0.0157. The quantitative estimate of drug-likeness (QED) is 0.791. The van der Waals surface area contributed by atoms with E-state index in [1.807, 2.05) is 24.3 Å². The van der Waals surface area contributed by atoms with E-state index in [0.29, 0.717) is 12.1 Å². The lowest BCUT2D eigenvalue weighted by atomic mass is 10.0. The van der Waals surface area contributed by atoms with E-state index in [-0.39, 0.29) is 5.78 Å². The molecule has 16 heavy (non-hydrogen) atoms. The molecule has 0 aliphatic rings. The van der Waals surface area contributed by atoms with Crippen molar-refractivity contribution >= 4 is 5.78 Å². The maximum absolute atomic E-state index is 11.7. The average Bonchev–Trinajstić information content (AvgIpc) is 2.83. The Hall–Kier alpha value is -1.97. The van der Waals surface area contributed by atoms with Gasteiger partial charge in [0.15, 0.2) is 5.78 Å². The Morgan fingerprint density at radius 3 is 2.50 bits per heavy atom. The lowest BCUT2D eigenvalue weighted by molar-refractivity contribution is 0.0988. The van der Waals surface area contributed by atoms with Gasteiger partial charge >= 0.3 is 0 Å². The maximum atomic E-state index is 11.7. The highest BCUT2D eigenvalue weighted by molar-refractivity contribution is 5.95. The number of carbonyl (C=O) groups is 1. The Labute approximate surface area is 93.7 Å². The first-order chi connectivity index (χ1) is 7.79. The van der Waals surface area contributed by atoms with Crippen LogP contribution in [0.3, 0.4) is 0 Å². The Balaban J connectivity index is 2.06. The van der Waals surface area contributed by atoms with Crippen LogP contribution in [0.4, 0.5) is 0 Å². The van der Waals surface area contributed by atoms with Gasteiger partial charge in [0.2, 0.25) is 0 Å². The van der Waals surface area contributed by atoms with Gasteiger partial charge in [0.05, 0.1) is 6.20 Å². The molecule has 2 aromatic rings. The molecule has 0 fully saturated rings. The highest BCUT2D eigenvalue weighted by Gasteiger charge is 2.09.